The van der Waals surface area contributed by atoms with Gasteiger partial charge in [-0.05, 0) is 83.5 Å². The van der Waals surface area contributed by atoms with Crippen LogP contribution in [-0.2, 0) is 35.0 Å². The molecule has 2 heterocycles. The first-order chi connectivity index (χ1) is 25.1. The molecule has 0 atom stereocenters. The molecular formula is C38H39F6N4NaO5. The number of alkyl halides is 6. The molecule has 0 bridgehead atoms. The van der Waals surface area contributed by atoms with E-state index >= 15 is 0 Å². The molecule has 16 heteroatoms. The molecule has 1 aliphatic heterocycles. The van der Waals surface area contributed by atoms with Gasteiger partial charge in [0, 0.05) is 43.4 Å². The predicted molar refractivity (Wildman–Crippen MR) is 184 cm³/mol. The summed E-state index contributed by atoms with van der Waals surface area (Å²) in [5.74, 6) is -0.291. The fourth-order valence-corrected chi connectivity index (χ4v) is 5.97. The van der Waals surface area contributed by atoms with Gasteiger partial charge in [0.2, 0.25) is 5.95 Å². The van der Waals surface area contributed by atoms with Gasteiger partial charge in [-0.2, -0.15) is 26.3 Å². The second-order valence-corrected chi connectivity index (χ2v) is 12.9. The first kappa shape index (κ1) is 42.7. The number of methoxy groups -OCH3 is 1. The van der Waals surface area contributed by atoms with E-state index in [0.29, 0.717) is 49.7 Å². The van der Waals surface area contributed by atoms with Crippen LogP contribution in [0.1, 0.15) is 60.4 Å². The summed E-state index contributed by atoms with van der Waals surface area (Å²) in [6.07, 6.45) is -7.52. The molecule has 1 saturated heterocycles. The van der Waals surface area contributed by atoms with Gasteiger partial charge in [0.15, 0.2) is 5.75 Å². The first-order valence-electron chi connectivity index (χ1n) is 16.9. The summed E-state index contributed by atoms with van der Waals surface area (Å²) in [5.41, 5.74) is 0.920. The van der Waals surface area contributed by atoms with Crippen molar-refractivity contribution in [2.45, 2.75) is 58.0 Å². The summed E-state index contributed by atoms with van der Waals surface area (Å²) in [6, 6.07) is 13.1. The Labute approximate surface area is 331 Å². The van der Waals surface area contributed by atoms with E-state index in [0.717, 1.165) is 22.4 Å². The van der Waals surface area contributed by atoms with Crippen molar-refractivity contribution in [3.63, 3.8) is 0 Å². The minimum Gasteiger partial charge on any atom is -0.550 e. The maximum absolute atomic E-state index is 13.9. The Morgan fingerprint density at radius 2 is 1.56 bits per heavy atom. The second kappa shape index (κ2) is 18.5. The van der Waals surface area contributed by atoms with Crippen molar-refractivity contribution in [3.8, 4) is 22.6 Å². The normalized spacial score (nSPS) is 13.4. The van der Waals surface area contributed by atoms with Crippen LogP contribution in [-0.4, -0.2) is 56.0 Å². The zero-order valence-electron chi connectivity index (χ0n) is 30.4. The van der Waals surface area contributed by atoms with E-state index in [1.807, 2.05) is 50.2 Å². The van der Waals surface area contributed by atoms with Crippen LogP contribution in [0.5, 0.6) is 11.5 Å². The van der Waals surface area contributed by atoms with Gasteiger partial charge in [-0.25, -0.2) is 9.97 Å². The molecule has 1 fully saturated rings. The number of carboxylic acids is 1. The maximum Gasteiger partial charge on any atom is 1.00 e. The van der Waals surface area contributed by atoms with Crippen molar-refractivity contribution in [3.05, 3.63) is 94.8 Å². The van der Waals surface area contributed by atoms with Crippen LogP contribution < -0.4 is 53.9 Å². The SMILES string of the molecule is COc1ccc(C(C)C)cc1-c1ccc(N2CCOCC2)cc1CN(Cc1cc(C(F)(F)F)cc(C(F)(F)F)c1)c1ncc(OCCCC(=O)[O-])cn1.[Na+]. The number of nitrogens with zero attached hydrogens (tertiary/aromatic N) is 4. The third kappa shape index (κ3) is 11.2. The summed E-state index contributed by atoms with van der Waals surface area (Å²) in [5, 5.41) is 10.8. The van der Waals surface area contributed by atoms with Gasteiger partial charge < -0.3 is 33.9 Å². The van der Waals surface area contributed by atoms with E-state index in [2.05, 4.69) is 14.9 Å². The van der Waals surface area contributed by atoms with Crippen LogP contribution in [0.15, 0.2) is 67.0 Å². The Balaban J connectivity index is 0.00000650. The third-order valence-electron chi connectivity index (χ3n) is 8.72. The fourth-order valence-electron chi connectivity index (χ4n) is 5.97. The molecule has 0 aliphatic carbocycles. The molecule has 54 heavy (non-hydrogen) atoms. The van der Waals surface area contributed by atoms with Gasteiger partial charge in [-0.1, -0.05) is 26.0 Å². The van der Waals surface area contributed by atoms with Gasteiger partial charge in [0.05, 0.1) is 50.5 Å². The molecule has 0 spiro atoms. The fraction of sp³-hybridized carbons (Fsp3) is 0.395. The molecule has 1 aromatic heterocycles. The average molecular weight is 769 g/mol. The van der Waals surface area contributed by atoms with E-state index in [-0.39, 0.29) is 84.8 Å². The van der Waals surface area contributed by atoms with Gasteiger partial charge in [-0.3, -0.25) is 0 Å². The quantitative estimate of drug-likeness (QED) is 0.106. The number of hydrogen-bond acceptors (Lipinski definition) is 9. The molecule has 5 rings (SSSR count). The molecule has 9 nitrogen and oxygen atoms in total. The van der Waals surface area contributed by atoms with Crippen LogP contribution in [0.2, 0.25) is 0 Å². The van der Waals surface area contributed by atoms with Crippen molar-refractivity contribution in [2.24, 2.45) is 0 Å². The summed E-state index contributed by atoms with van der Waals surface area (Å²) in [7, 11) is 1.55. The van der Waals surface area contributed by atoms with Crippen molar-refractivity contribution < 1.29 is 80.0 Å². The minimum atomic E-state index is -5.04. The number of halogens is 6. The summed E-state index contributed by atoms with van der Waals surface area (Å²) < 4.78 is 100. The van der Waals surface area contributed by atoms with Crippen molar-refractivity contribution in [1.82, 2.24) is 9.97 Å². The minimum absolute atomic E-state index is 0. The summed E-state index contributed by atoms with van der Waals surface area (Å²) in [6.45, 7) is 5.93. The number of carbonyl (C=O) groups excluding carboxylic acids is 1. The molecule has 0 radical (unpaired) electrons. The Hall–Kier alpha value is -4.05. The maximum atomic E-state index is 13.9. The van der Waals surface area contributed by atoms with Gasteiger partial charge in [-0.15, -0.1) is 0 Å². The summed E-state index contributed by atoms with van der Waals surface area (Å²) in [4.78, 5) is 23.1. The number of aliphatic carboxylic acids is 1. The molecule has 0 amide bonds. The number of rotatable bonds is 14. The van der Waals surface area contributed by atoms with Crippen LogP contribution in [0.4, 0.5) is 38.0 Å². The Morgan fingerprint density at radius 1 is 0.907 bits per heavy atom. The number of hydrogen-bond donors (Lipinski definition) is 0. The van der Waals surface area contributed by atoms with Crippen LogP contribution in [0.25, 0.3) is 11.1 Å². The predicted octanol–water partition coefficient (Wildman–Crippen LogP) is 4.27. The number of benzene rings is 3. The van der Waals surface area contributed by atoms with E-state index < -0.39 is 36.0 Å². The number of aromatic nitrogens is 2. The van der Waals surface area contributed by atoms with Crippen LogP contribution in [0.3, 0.4) is 0 Å². The van der Waals surface area contributed by atoms with Crippen LogP contribution >= 0.6 is 0 Å². The largest absolute Gasteiger partial charge is 1.00 e. The Kier molecular flexibility index (Phi) is 14.6. The molecule has 3 aromatic carbocycles. The van der Waals surface area contributed by atoms with Crippen molar-refractivity contribution in [1.29, 1.82) is 0 Å². The van der Waals surface area contributed by atoms with Crippen LogP contribution in [0, 0.1) is 0 Å². The molecule has 284 valence electrons. The van der Waals surface area contributed by atoms with Gasteiger partial charge in [0.25, 0.3) is 0 Å². The Bertz CT molecular complexity index is 1840. The third-order valence-corrected chi connectivity index (χ3v) is 8.72. The second-order valence-electron chi connectivity index (χ2n) is 12.9. The van der Waals surface area contributed by atoms with E-state index in [9.17, 15) is 36.2 Å². The molecular weight excluding hydrogens is 729 g/mol. The van der Waals surface area contributed by atoms with Gasteiger partial charge in [0.1, 0.15) is 5.75 Å². The monoisotopic (exact) mass is 768 g/mol. The van der Waals surface area contributed by atoms with E-state index in [4.69, 9.17) is 14.2 Å². The standard InChI is InChI=1S/C38H40F6N4O5.Na/c1-24(2)26-6-9-34(51-3)33(18-26)32-8-7-30(47-10-13-52-14-11-47)17-27(32)23-48(36-45-20-31(21-46-36)53-12-4-5-35(49)50)22-25-15-28(37(39,40)41)19-29(16-25)38(42,43)44;/h6-9,15-21,24H,4-5,10-14,22-23H2,1-3H3,(H,49,50);/q;+1/p-1. The molecule has 4 aromatic rings. The zero-order valence-corrected chi connectivity index (χ0v) is 32.4. The van der Waals surface area contributed by atoms with E-state index in [1.54, 1.807) is 7.11 Å². The molecule has 1 aliphatic rings. The number of carboxylic acid groups (broad SMARTS) is 1. The van der Waals surface area contributed by atoms with Crippen molar-refractivity contribution >= 4 is 17.6 Å². The number of carbonyl (C=O) groups is 1. The molecule has 0 saturated carbocycles. The number of ether oxygens (including phenoxy) is 3. The summed E-state index contributed by atoms with van der Waals surface area (Å²) >= 11 is 0. The van der Waals surface area contributed by atoms with E-state index in [1.165, 1.54) is 17.3 Å². The topological polar surface area (TPSA) is 100 Å². The average Bonchev–Trinajstić information content (AvgIpc) is 3.12. The van der Waals surface area contributed by atoms with Gasteiger partial charge >= 0.3 is 41.9 Å². The van der Waals surface area contributed by atoms with Crippen molar-refractivity contribution in [2.75, 3.05) is 49.8 Å². The zero-order chi connectivity index (χ0) is 38.3. The first-order valence-corrected chi connectivity index (χ1v) is 16.9. The number of anilines is 2. The molecule has 0 N–H and O–H groups in total. The smallest absolute Gasteiger partial charge is 0.550 e. The Morgan fingerprint density at radius 3 is 2.13 bits per heavy atom. The molecule has 0 unspecified atom stereocenters. The number of morpholine rings is 1.